The molecule has 0 aromatic carbocycles. The monoisotopic (exact) mass is 373 g/mol. The zero-order valence-electron chi connectivity index (χ0n) is 16.5. The predicted octanol–water partition coefficient (Wildman–Crippen LogP) is 0.519. The first-order valence-electron chi connectivity index (χ1n) is 10.1. The number of aliphatic imine (C=N–C) groups is 1. The topological polar surface area (TPSA) is 69.0 Å². The van der Waals surface area contributed by atoms with E-state index in [1.54, 1.807) is 22.8 Å². The van der Waals surface area contributed by atoms with Crippen LogP contribution in [-0.2, 0) is 11.8 Å². The Morgan fingerprint density at radius 3 is 2.74 bits per heavy atom. The van der Waals surface area contributed by atoms with Gasteiger partial charge in [0.25, 0.3) is 0 Å². The standard InChI is InChI=1S/C19H31N7O/c1-20-19(21-7-8-24(16-5-6-16)12-15-3-4-15)25-9-10-26(18(27)14-25)17-11-22-23(2)13-17/h11,13,15-16H,3-10,12,14H2,1-2H3,(H,20,21). The number of amides is 1. The van der Waals surface area contributed by atoms with Crippen molar-refractivity contribution in [2.75, 3.05) is 51.2 Å². The first-order chi connectivity index (χ1) is 13.1. The van der Waals surface area contributed by atoms with E-state index in [4.69, 9.17) is 0 Å². The lowest BCUT2D eigenvalue weighted by molar-refractivity contribution is -0.120. The number of nitrogens with one attached hydrogen (secondary N) is 1. The Labute approximate surface area is 161 Å². The van der Waals surface area contributed by atoms with Crippen molar-refractivity contribution >= 4 is 17.6 Å². The van der Waals surface area contributed by atoms with E-state index in [0.29, 0.717) is 13.1 Å². The summed E-state index contributed by atoms with van der Waals surface area (Å²) in [6.07, 6.45) is 9.14. The highest BCUT2D eigenvalue weighted by molar-refractivity contribution is 5.98. The van der Waals surface area contributed by atoms with Crippen LogP contribution < -0.4 is 10.2 Å². The van der Waals surface area contributed by atoms with Crippen molar-refractivity contribution in [2.24, 2.45) is 18.0 Å². The molecule has 0 spiro atoms. The van der Waals surface area contributed by atoms with Crippen LogP contribution in [0.4, 0.5) is 5.69 Å². The molecule has 0 bridgehead atoms. The van der Waals surface area contributed by atoms with Gasteiger partial charge in [0.15, 0.2) is 5.96 Å². The highest BCUT2D eigenvalue weighted by Crippen LogP contribution is 2.34. The van der Waals surface area contributed by atoms with E-state index < -0.39 is 0 Å². The van der Waals surface area contributed by atoms with Gasteiger partial charge in [0.05, 0.1) is 11.9 Å². The van der Waals surface area contributed by atoms with Crippen LogP contribution in [0.25, 0.3) is 0 Å². The number of guanidine groups is 1. The molecule has 8 nitrogen and oxygen atoms in total. The summed E-state index contributed by atoms with van der Waals surface area (Å²) in [5.41, 5.74) is 0.866. The molecule has 3 aliphatic rings. The fourth-order valence-electron chi connectivity index (χ4n) is 3.81. The van der Waals surface area contributed by atoms with Gasteiger partial charge in [-0.2, -0.15) is 5.10 Å². The Morgan fingerprint density at radius 1 is 1.33 bits per heavy atom. The predicted molar refractivity (Wildman–Crippen MR) is 106 cm³/mol. The first kappa shape index (κ1) is 18.3. The lowest BCUT2D eigenvalue weighted by Gasteiger charge is -2.35. The number of aromatic nitrogens is 2. The van der Waals surface area contributed by atoms with Crippen LogP contribution in [0.1, 0.15) is 25.7 Å². The van der Waals surface area contributed by atoms with Gasteiger partial charge in [-0.05, 0) is 31.6 Å². The summed E-state index contributed by atoms with van der Waals surface area (Å²) >= 11 is 0. The van der Waals surface area contributed by atoms with E-state index in [1.807, 2.05) is 13.2 Å². The number of nitrogens with zero attached hydrogens (tertiary/aromatic N) is 6. The van der Waals surface area contributed by atoms with Crippen LogP contribution in [-0.4, -0.2) is 83.8 Å². The molecular formula is C19H31N7O. The summed E-state index contributed by atoms with van der Waals surface area (Å²) in [6, 6.07) is 0.805. The second kappa shape index (κ2) is 7.88. The summed E-state index contributed by atoms with van der Waals surface area (Å²) in [4.78, 5) is 23.5. The lowest BCUT2D eigenvalue weighted by Crippen LogP contribution is -2.56. The van der Waals surface area contributed by atoms with Crippen molar-refractivity contribution < 1.29 is 4.79 Å². The summed E-state index contributed by atoms with van der Waals surface area (Å²) in [5.74, 6) is 1.85. The molecule has 2 heterocycles. The number of anilines is 1. The zero-order chi connectivity index (χ0) is 18.8. The Morgan fingerprint density at radius 2 is 2.15 bits per heavy atom. The molecule has 148 valence electrons. The number of rotatable bonds is 7. The third kappa shape index (κ3) is 4.61. The molecule has 27 heavy (non-hydrogen) atoms. The van der Waals surface area contributed by atoms with Gasteiger partial charge in [0, 0.05) is 59.1 Å². The zero-order valence-corrected chi connectivity index (χ0v) is 16.5. The molecular weight excluding hydrogens is 342 g/mol. The van der Waals surface area contributed by atoms with Crippen LogP contribution in [0.2, 0.25) is 0 Å². The molecule has 0 radical (unpaired) electrons. The third-order valence-corrected chi connectivity index (χ3v) is 5.67. The number of carbonyl (C=O) groups excluding carboxylic acids is 1. The molecule has 0 atom stereocenters. The van der Waals surface area contributed by atoms with Gasteiger partial charge < -0.3 is 15.1 Å². The second-order valence-corrected chi connectivity index (χ2v) is 7.98. The average molecular weight is 374 g/mol. The molecule has 1 amide bonds. The van der Waals surface area contributed by atoms with Crippen molar-refractivity contribution in [1.82, 2.24) is 24.9 Å². The van der Waals surface area contributed by atoms with E-state index in [2.05, 4.69) is 25.2 Å². The number of piperazine rings is 1. The van der Waals surface area contributed by atoms with Crippen molar-refractivity contribution in [3.05, 3.63) is 12.4 Å². The van der Waals surface area contributed by atoms with Gasteiger partial charge >= 0.3 is 0 Å². The summed E-state index contributed by atoms with van der Waals surface area (Å²) in [7, 11) is 3.66. The minimum atomic E-state index is 0.0885. The second-order valence-electron chi connectivity index (χ2n) is 7.98. The van der Waals surface area contributed by atoms with Crippen LogP contribution >= 0.6 is 0 Å². The van der Waals surface area contributed by atoms with Crippen LogP contribution in [0, 0.1) is 5.92 Å². The maximum Gasteiger partial charge on any atom is 0.246 e. The molecule has 1 saturated heterocycles. The smallest absolute Gasteiger partial charge is 0.246 e. The minimum absolute atomic E-state index is 0.0885. The molecule has 1 aromatic rings. The van der Waals surface area contributed by atoms with E-state index >= 15 is 0 Å². The van der Waals surface area contributed by atoms with Gasteiger partial charge in [-0.25, -0.2) is 0 Å². The molecule has 2 aliphatic carbocycles. The van der Waals surface area contributed by atoms with Gasteiger partial charge in [-0.15, -0.1) is 0 Å². The van der Waals surface area contributed by atoms with Crippen molar-refractivity contribution in [3.63, 3.8) is 0 Å². The number of hydrogen-bond acceptors (Lipinski definition) is 4. The minimum Gasteiger partial charge on any atom is -0.355 e. The fraction of sp³-hybridized carbons (Fsp3) is 0.737. The first-order valence-corrected chi connectivity index (χ1v) is 10.1. The van der Waals surface area contributed by atoms with E-state index in [0.717, 1.165) is 43.2 Å². The molecule has 0 unspecified atom stereocenters. The van der Waals surface area contributed by atoms with E-state index in [9.17, 15) is 4.79 Å². The molecule has 1 N–H and O–H groups in total. The number of hydrogen-bond donors (Lipinski definition) is 1. The third-order valence-electron chi connectivity index (χ3n) is 5.67. The Hall–Kier alpha value is -2.09. The van der Waals surface area contributed by atoms with E-state index in [1.165, 1.54) is 32.2 Å². The van der Waals surface area contributed by atoms with Crippen molar-refractivity contribution in [2.45, 2.75) is 31.7 Å². The normalized spacial score (nSPS) is 21.3. The average Bonchev–Trinajstić information content (AvgIpc) is 3.57. The van der Waals surface area contributed by atoms with Gasteiger partial charge in [0.1, 0.15) is 6.54 Å². The summed E-state index contributed by atoms with van der Waals surface area (Å²) < 4.78 is 1.72. The number of aryl methyl sites for hydroxylation is 1. The Kier molecular flexibility index (Phi) is 5.33. The van der Waals surface area contributed by atoms with Crippen molar-refractivity contribution in [3.8, 4) is 0 Å². The molecule has 4 rings (SSSR count). The van der Waals surface area contributed by atoms with Crippen LogP contribution in [0.15, 0.2) is 17.4 Å². The lowest BCUT2D eigenvalue weighted by atomic mass is 10.3. The molecule has 1 aromatic heterocycles. The highest BCUT2D eigenvalue weighted by atomic mass is 16.2. The van der Waals surface area contributed by atoms with Gasteiger partial charge in [0.2, 0.25) is 5.91 Å². The highest BCUT2D eigenvalue weighted by Gasteiger charge is 2.33. The SMILES string of the molecule is CN=C(NCCN(CC1CC1)C1CC1)N1CCN(c2cnn(C)c2)C(=O)C1. The quantitative estimate of drug-likeness (QED) is 0.557. The Balaban J connectivity index is 1.26. The van der Waals surface area contributed by atoms with Crippen molar-refractivity contribution in [1.29, 1.82) is 0 Å². The Bertz CT molecular complexity index is 692. The molecule has 2 saturated carbocycles. The molecule has 8 heteroatoms. The molecule has 3 fully saturated rings. The summed E-state index contributed by atoms with van der Waals surface area (Å²) in [6.45, 7) is 4.97. The molecule has 1 aliphatic heterocycles. The van der Waals surface area contributed by atoms with Gasteiger partial charge in [-0.3, -0.25) is 19.4 Å². The fourth-order valence-corrected chi connectivity index (χ4v) is 3.81. The maximum atomic E-state index is 12.6. The van der Waals surface area contributed by atoms with Crippen LogP contribution in [0.5, 0.6) is 0 Å². The summed E-state index contributed by atoms with van der Waals surface area (Å²) in [5, 5.41) is 7.64. The number of carbonyl (C=O) groups is 1. The van der Waals surface area contributed by atoms with E-state index in [-0.39, 0.29) is 5.91 Å². The largest absolute Gasteiger partial charge is 0.355 e. The van der Waals surface area contributed by atoms with Crippen LogP contribution in [0.3, 0.4) is 0 Å². The maximum absolute atomic E-state index is 12.6. The van der Waals surface area contributed by atoms with Gasteiger partial charge in [-0.1, -0.05) is 0 Å².